The van der Waals surface area contributed by atoms with Crippen LogP contribution in [0.1, 0.15) is 16.7 Å². The zero-order valence-corrected chi connectivity index (χ0v) is 13.3. The molecule has 3 aromatic rings. The highest BCUT2D eigenvalue weighted by Gasteiger charge is 2.14. The monoisotopic (exact) mass is 324 g/mol. The third-order valence-electron chi connectivity index (χ3n) is 3.85. The van der Waals surface area contributed by atoms with Gasteiger partial charge in [0.05, 0.1) is 17.6 Å². The minimum absolute atomic E-state index is 0.0165. The van der Waals surface area contributed by atoms with E-state index >= 15 is 0 Å². The Morgan fingerprint density at radius 1 is 1.21 bits per heavy atom. The highest BCUT2D eigenvalue weighted by molar-refractivity contribution is 5.95. The summed E-state index contributed by atoms with van der Waals surface area (Å²) in [5.41, 5.74) is 3.54. The van der Waals surface area contributed by atoms with E-state index in [1.165, 1.54) is 6.07 Å². The summed E-state index contributed by atoms with van der Waals surface area (Å²) in [6.45, 7) is 3.63. The second kappa shape index (κ2) is 6.16. The highest BCUT2D eigenvalue weighted by Crippen LogP contribution is 2.25. The summed E-state index contributed by atoms with van der Waals surface area (Å²) in [7, 11) is 0. The van der Waals surface area contributed by atoms with E-state index < -0.39 is 4.92 Å². The number of nitrogens with zero attached hydrogens (tertiary/aromatic N) is 1. The van der Waals surface area contributed by atoms with Gasteiger partial charge in [-0.3, -0.25) is 14.9 Å². The standard InChI is InChI=1S/C18H16N2O4/c1-11-3-6-17-15(7-11)13(10-24-17)8-18(21)19-14-5-4-12(2)16(9-14)20(22)23/h3-7,9-10H,8H2,1-2H3,(H,19,21). The average molecular weight is 324 g/mol. The lowest BCUT2D eigenvalue weighted by atomic mass is 10.1. The van der Waals surface area contributed by atoms with Crippen LogP contribution in [0.25, 0.3) is 11.0 Å². The Bertz CT molecular complexity index is 943. The van der Waals surface area contributed by atoms with Gasteiger partial charge in [0, 0.05) is 28.3 Å². The Balaban J connectivity index is 1.79. The summed E-state index contributed by atoms with van der Waals surface area (Å²) in [4.78, 5) is 22.8. The number of aryl methyl sites for hydroxylation is 2. The zero-order chi connectivity index (χ0) is 17.3. The summed E-state index contributed by atoms with van der Waals surface area (Å²) in [6.07, 6.45) is 1.71. The van der Waals surface area contributed by atoms with Crippen molar-refractivity contribution in [2.75, 3.05) is 5.32 Å². The molecule has 0 radical (unpaired) electrons. The minimum atomic E-state index is -0.461. The third-order valence-corrected chi connectivity index (χ3v) is 3.85. The van der Waals surface area contributed by atoms with Crippen LogP contribution in [0.15, 0.2) is 47.1 Å². The third kappa shape index (κ3) is 3.12. The zero-order valence-electron chi connectivity index (χ0n) is 13.3. The van der Waals surface area contributed by atoms with E-state index in [1.54, 1.807) is 25.3 Å². The van der Waals surface area contributed by atoms with Gasteiger partial charge in [-0.05, 0) is 32.0 Å². The molecule has 1 amide bonds. The van der Waals surface area contributed by atoms with Crippen molar-refractivity contribution < 1.29 is 14.1 Å². The first-order valence-electron chi connectivity index (χ1n) is 7.45. The molecule has 0 aliphatic rings. The summed E-state index contributed by atoms with van der Waals surface area (Å²) in [5.74, 6) is -0.252. The van der Waals surface area contributed by atoms with Gasteiger partial charge in [-0.2, -0.15) is 0 Å². The number of nitrogens with one attached hydrogen (secondary N) is 1. The Labute approximate surface area is 138 Å². The number of benzene rings is 2. The highest BCUT2D eigenvalue weighted by atomic mass is 16.6. The molecule has 1 N–H and O–H groups in total. The molecule has 1 heterocycles. The molecule has 0 aliphatic heterocycles. The minimum Gasteiger partial charge on any atom is -0.464 e. The van der Waals surface area contributed by atoms with Gasteiger partial charge in [-0.1, -0.05) is 17.7 Å². The lowest BCUT2D eigenvalue weighted by Gasteiger charge is -2.06. The fraction of sp³-hybridized carbons (Fsp3) is 0.167. The molecule has 6 heteroatoms. The van der Waals surface area contributed by atoms with Gasteiger partial charge in [-0.15, -0.1) is 0 Å². The van der Waals surface area contributed by atoms with E-state index in [2.05, 4.69) is 5.32 Å². The molecule has 1 aromatic heterocycles. The Hall–Kier alpha value is -3.15. The van der Waals surface area contributed by atoms with E-state index in [-0.39, 0.29) is 18.0 Å². The Morgan fingerprint density at radius 2 is 2.00 bits per heavy atom. The molecule has 24 heavy (non-hydrogen) atoms. The molecule has 0 unspecified atom stereocenters. The van der Waals surface area contributed by atoms with Gasteiger partial charge in [-0.25, -0.2) is 0 Å². The predicted molar refractivity (Wildman–Crippen MR) is 91.1 cm³/mol. The van der Waals surface area contributed by atoms with Crippen LogP contribution in [0.3, 0.4) is 0 Å². The number of carbonyl (C=O) groups excluding carboxylic acids is 1. The van der Waals surface area contributed by atoms with Gasteiger partial charge < -0.3 is 9.73 Å². The number of carbonyl (C=O) groups is 1. The molecule has 0 atom stereocenters. The number of furan rings is 1. The first-order chi connectivity index (χ1) is 11.4. The molecule has 0 saturated heterocycles. The summed E-state index contributed by atoms with van der Waals surface area (Å²) < 4.78 is 5.45. The predicted octanol–water partition coefficient (Wildman–Crippen LogP) is 4.14. The average Bonchev–Trinajstić information content (AvgIpc) is 2.91. The van der Waals surface area contributed by atoms with Crippen molar-refractivity contribution in [2.24, 2.45) is 0 Å². The largest absolute Gasteiger partial charge is 0.464 e. The van der Waals surface area contributed by atoms with E-state index in [9.17, 15) is 14.9 Å². The van der Waals surface area contributed by atoms with Crippen LogP contribution in [-0.2, 0) is 11.2 Å². The smallest absolute Gasteiger partial charge is 0.274 e. The van der Waals surface area contributed by atoms with Gasteiger partial charge in [0.25, 0.3) is 5.69 Å². The van der Waals surface area contributed by atoms with Crippen LogP contribution in [-0.4, -0.2) is 10.8 Å². The summed E-state index contributed by atoms with van der Waals surface area (Å²) >= 11 is 0. The van der Waals surface area contributed by atoms with Crippen molar-refractivity contribution in [3.05, 3.63) is 69.5 Å². The van der Waals surface area contributed by atoms with Crippen molar-refractivity contribution in [3.8, 4) is 0 Å². The molecule has 0 spiro atoms. The first-order valence-corrected chi connectivity index (χ1v) is 7.45. The maximum atomic E-state index is 12.3. The molecular weight excluding hydrogens is 308 g/mol. The van der Waals surface area contributed by atoms with Crippen molar-refractivity contribution in [2.45, 2.75) is 20.3 Å². The van der Waals surface area contributed by atoms with Crippen LogP contribution >= 0.6 is 0 Å². The van der Waals surface area contributed by atoms with Gasteiger partial charge >= 0.3 is 0 Å². The number of rotatable bonds is 4. The molecular formula is C18H16N2O4. The molecule has 0 fully saturated rings. The Kier molecular flexibility index (Phi) is 4.04. The number of nitro benzene ring substituents is 1. The summed E-state index contributed by atoms with van der Waals surface area (Å²) in [6, 6.07) is 10.4. The van der Waals surface area contributed by atoms with Crippen molar-refractivity contribution in [1.29, 1.82) is 0 Å². The second-order valence-corrected chi connectivity index (χ2v) is 5.74. The number of nitro groups is 1. The SMILES string of the molecule is Cc1ccc2occ(CC(=O)Nc3ccc(C)c([N+](=O)[O-])c3)c2c1. The molecule has 3 rings (SSSR count). The first kappa shape index (κ1) is 15.7. The van der Waals surface area contributed by atoms with Gasteiger partial charge in [0.2, 0.25) is 5.91 Å². The maximum absolute atomic E-state index is 12.3. The Morgan fingerprint density at radius 3 is 2.75 bits per heavy atom. The number of fused-ring (bicyclic) bond motifs is 1. The van der Waals surface area contributed by atoms with Crippen molar-refractivity contribution in [1.82, 2.24) is 0 Å². The van der Waals surface area contributed by atoms with Crippen LogP contribution in [0.5, 0.6) is 0 Å². The molecule has 0 bridgehead atoms. The van der Waals surface area contributed by atoms with Crippen molar-refractivity contribution >= 4 is 28.3 Å². The number of hydrogen-bond donors (Lipinski definition) is 1. The van der Waals surface area contributed by atoms with Gasteiger partial charge in [0.1, 0.15) is 5.58 Å². The normalized spacial score (nSPS) is 10.8. The molecule has 0 aliphatic carbocycles. The van der Waals surface area contributed by atoms with Crippen LogP contribution < -0.4 is 5.32 Å². The lowest BCUT2D eigenvalue weighted by Crippen LogP contribution is -2.14. The molecule has 6 nitrogen and oxygen atoms in total. The van der Waals surface area contributed by atoms with Crippen LogP contribution in [0.2, 0.25) is 0 Å². The number of hydrogen-bond acceptors (Lipinski definition) is 4. The number of amides is 1. The number of anilines is 1. The summed E-state index contributed by atoms with van der Waals surface area (Å²) in [5, 5.41) is 14.6. The van der Waals surface area contributed by atoms with Crippen LogP contribution in [0, 0.1) is 24.0 Å². The topological polar surface area (TPSA) is 85.4 Å². The molecule has 122 valence electrons. The fourth-order valence-electron chi connectivity index (χ4n) is 2.59. The van der Waals surface area contributed by atoms with Crippen molar-refractivity contribution in [3.63, 3.8) is 0 Å². The second-order valence-electron chi connectivity index (χ2n) is 5.74. The van der Waals surface area contributed by atoms with Crippen LogP contribution in [0.4, 0.5) is 11.4 Å². The fourth-order valence-corrected chi connectivity index (χ4v) is 2.59. The van der Waals surface area contributed by atoms with Gasteiger partial charge in [0.15, 0.2) is 0 Å². The maximum Gasteiger partial charge on any atom is 0.274 e. The van der Waals surface area contributed by atoms with E-state index in [1.807, 2.05) is 25.1 Å². The lowest BCUT2D eigenvalue weighted by molar-refractivity contribution is -0.385. The quantitative estimate of drug-likeness (QED) is 0.577. The van der Waals surface area contributed by atoms with E-state index in [4.69, 9.17) is 4.42 Å². The van der Waals surface area contributed by atoms with E-state index in [0.29, 0.717) is 11.3 Å². The molecule has 0 saturated carbocycles. The van der Waals surface area contributed by atoms with E-state index in [0.717, 1.165) is 22.1 Å². The molecule has 2 aromatic carbocycles.